The molecule has 2 N–H and O–H groups in total. The number of H-pyrrole nitrogens is 1. The van der Waals surface area contributed by atoms with E-state index in [2.05, 4.69) is 14.9 Å². The zero-order valence-corrected chi connectivity index (χ0v) is 12.9. The van der Waals surface area contributed by atoms with Gasteiger partial charge in [-0.3, -0.25) is 9.82 Å². The summed E-state index contributed by atoms with van der Waals surface area (Å²) in [5.74, 6) is -0.0489. The van der Waals surface area contributed by atoms with Crippen molar-refractivity contribution in [2.45, 2.75) is 25.4 Å². The third kappa shape index (κ3) is 3.30. The second-order valence-electron chi connectivity index (χ2n) is 5.13. The SMILES string of the molecule is O=S(=O)(CC1CCCCO1)Nc1ccc2[nH]ncc2c1Cl. The molecule has 1 aliphatic heterocycles. The first-order chi connectivity index (χ1) is 10.1. The van der Waals surface area contributed by atoms with Crippen molar-refractivity contribution >= 4 is 38.2 Å². The zero-order chi connectivity index (χ0) is 14.9. The van der Waals surface area contributed by atoms with E-state index >= 15 is 0 Å². The van der Waals surface area contributed by atoms with Crippen LogP contribution in [0, 0.1) is 0 Å². The number of ether oxygens (including phenoxy) is 1. The first-order valence-electron chi connectivity index (χ1n) is 6.79. The second kappa shape index (κ2) is 5.82. The van der Waals surface area contributed by atoms with Crippen LogP contribution in [-0.4, -0.2) is 37.1 Å². The van der Waals surface area contributed by atoms with Gasteiger partial charge in [-0.05, 0) is 31.4 Å². The largest absolute Gasteiger partial charge is 0.377 e. The lowest BCUT2D eigenvalue weighted by atomic mass is 10.1. The van der Waals surface area contributed by atoms with Gasteiger partial charge in [-0.15, -0.1) is 0 Å². The summed E-state index contributed by atoms with van der Waals surface area (Å²) in [4.78, 5) is 0. The molecule has 8 heteroatoms. The third-order valence-corrected chi connectivity index (χ3v) is 5.25. The van der Waals surface area contributed by atoms with Gasteiger partial charge in [0.25, 0.3) is 0 Å². The summed E-state index contributed by atoms with van der Waals surface area (Å²) < 4.78 is 32.4. The number of anilines is 1. The van der Waals surface area contributed by atoms with Gasteiger partial charge in [0.05, 0.1) is 34.3 Å². The molecule has 21 heavy (non-hydrogen) atoms. The van der Waals surface area contributed by atoms with Crippen LogP contribution < -0.4 is 4.72 Å². The molecule has 1 aliphatic rings. The Labute approximate surface area is 127 Å². The molecule has 114 valence electrons. The Morgan fingerprint density at radius 3 is 3.05 bits per heavy atom. The number of hydrogen-bond acceptors (Lipinski definition) is 4. The molecule has 0 aliphatic carbocycles. The minimum atomic E-state index is -3.50. The van der Waals surface area contributed by atoms with Crippen molar-refractivity contribution in [3.05, 3.63) is 23.4 Å². The van der Waals surface area contributed by atoms with E-state index in [0.717, 1.165) is 24.8 Å². The first-order valence-corrected chi connectivity index (χ1v) is 8.82. The molecule has 1 aromatic heterocycles. The van der Waals surface area contributed by atoms with E-state index in [0.29, 0.717) is 22.7 Å². The lowest BCUT2D eigenvalue weighted by Gasteiger charge is -2.22. The molecule has 1 aromatic carbocycles. The quantitative estimate of drug-likeness (QED) is 0.902. The summed E-state index contributed by atoms with van der Waals surface area (Å²) in [6.07, 6.45) is 4.09. The summed E-state index contributed by atoms with van der Waals surface area (Å²) in [5, 5.41) is 7.70. The molecule has 1 atom stereocenters. The molecule has 0 radical (unpaired) electrons. The minimum absolute atomic E-state index is 0.0489. The average Bonchev–Trinajstić information content (AvgIpc) is 2.92. The normalized spacial score (nSPS) is 19.8. The fourth-order valence-electron chi connectivity index (χ4n) is 2.45. The summed E-state index contributed by atoms with van der Waals surface area (Å²) in [6, 6.07) is 3.37. The molecule has 0 spiro atoms. The van der Waals surface area contributed by atoms with Crippen molar-refractivity contribution in [2.75, 3.05) is 17.1 Å². The maximum atomic E-state index is 12.2. The highest BCUT2D eigenvalue weighted by molar-refractivity contribution is 7.92. The fourth-order valence-corrected chi connectivity index (χ4v) is 4.11. The standard InChI is InChI=1S/C13H16ClN3O3S/c14-13-10-7-15-16-11(10)4-5-12(13)17-21(18,19)8-9-3-1-2-6-20-9/h4-5,7,9,17H,1-3,6,8H2,(H,15,16). The van der Waals surface area contributed by atoms with Gasteiger partial charge in [-0.2, -0.15) is 5.10 Å². The van der Waals surface area contributed by atoms with Gasteiger partial charge in [0, 0.05) is 12.0 Å². The summed E-state index contributed by atoms with van der Waals surface area (Å²) in [6.45, 7) is 0.627. The van der Waals surface area contributed by atoms with E-state index in [-0.39, 0.29) is 11.9 Å². The predicted octanol–water partition coefficient (Wildman–Crippen LogP) is 2.53. The summed E-state index contributed by atoms with van der Waals surface area (Å²) in [7, 11) is -3.50. The molecule has 3 rings (SSSR count). The Morgan fingerprint density at radius 1 is 1.43 bits per heavy atom. The second-order valence-corrected chi connectivity index (χ2v) is 7.28. The number of aromatic nitrogens is 2. The molecule has 1 saturated heterocycles. The van der Waals surface area contributed by atoms with E-state index in [1.54, 1.807) is 18.3 Å². The lowest BCUT2D eigenvalue weighted by molar-refractivity contribution is 0.0306. The van der Waals surface area contributed by atoms with Crippen molar-refractivity contribution in [3.63, 3.8) is 0 Å². The van der Waals surface area contributed by atoms with E-state index in [4.69, 9.17) is 16.3 Å². The number of halogens is 1. The van der Waals surface area contributed by atoms with Gasteiger partial charge in [0.2, 0.25) is 10.0 Å². The lowest BCUT2D eigenvalue weighted by Crippen LogP contribution is -2.30. The monoisotopic (exact) mass is 329 g/mol. The van der Waals surface area contributed by atoms with Crippen LogP contribution in [0.1, 0.15) is 19.3 Å². The zero-order valence-electron chi connectivity index (χ0n) is 11.3. The molecular weight excluding hydrogens is 314 g/mol. The van der Waals surface area contributed by atoms with Crippen LogP contribution in [-0.2, 0) is 14.8 Å². The summed E-state index contributed by atoms with van der Waals surface area (Å²) in [5.41, 5.74) is 1.12. The van der Waals surface area contributed by atoms with Gasteiger partial charge in [-0.25, -0.2) is 8.42 Å². The Hall–Kier alpha value is -1.31. The fraction of sp³-hybridized carbons (Fsp3) is 0.462. The number of nitrogens with one attached hydrogen (secondary N) is 2. The van der Waals surface area contributed by atoms with Gasteiger partial charge >= 0.3 is 0 Å². The molecular formula is C13H16ClN3O3S. The number of hydrogen-bond donors (Lipinski definition) is 2. The van der Waals surface area contributed by atoms with Crippen LogP contribution >= 0.6 is 11.6 Å². The smallest absolute Gasteiger partial charge is 0.235 e. The van der Waals surface area contributed by atoms with E-state index in [1.165, 1.54) is 0 Å². The number of sulfonamides is 1. The van der Waals surface area contributed by atoms with E-state index in [1.807, 2.05) is 0 Å². The van der Waals surface area contributed by atoms with Crippen molar-refractivity contribution < 1.29 is 13.2 Å². The number of aromatic amines is 1. The highest BCUT2D eigenvalue weighted by Crippen LogP contribution is 2.30. The molecule has 1 unspecified atom stereocenters. The van der Waals surface area contributed by atoms with Crippen molar-refractivity contribution in [1.29, 1.82) is 0 Å². The predicted molar refractivity (Wildman–Crippen MR) is 82.1 cm³/mol. The number of nitrogens with zero attached hydrogens (tertiary/aromatic N) is 1. The van der Waals surface area contributed by atoms with Crippen LogP contribution in [0.15, 0.2) is 18.3 Å². The van der Waals surface area contributed by atoms with Crippen LogP contribution in [0.25, 0.3) is 10.9 Å². The highest BCUT2D eigenvalue weighted by Gasteiger charge is 2.23. The minimum Gasteiger partial charge on any atom is -0.377 e. The Morgan fingerprint density at radius 2 is 2.29 bits per heavy atom. The molecule has 0 bridgehead atoms. The maximum absolute atomic E-state index is 12.2. The Bertz CT molecular complexity index is 738. The molecule has 6 nitrogen and oxygen atoms in total. The number of benzene rings is 1. The Kier molecular flexibility index (Phi) is 4.05. The molecule has 2 heterocycles. The molecule has 0 saturated carbocycles. The molecule has 1 fully saturated rings. The van der Waals surface area contributed by atoms with Crippen LogP contribution in [0.3, 0.4) is 0 Å². The van der Waals surface area contributed by atoms with Crippen LogP contribution in [0.2, 0.25) is 5.02 Å². The summed E-state index contributed by atoms with van der Waals surface area (Å²) >= 11 is 6.21. The third-order valence-electron chi connectivity index (χ3n) is 3.50. The van der Waals surface area contributed by atoms with Crippen molar-refractivity contribution in [2.24, 2.45) is 0 Å². The van der Waals surface area contributed by atoms with Gasteiger partial charge < -0.3 is 4.74 Å². The van der Waals surface area contributed by atoms with Crippen molar-refractivity contribution in [3.8, 4) is 0 Å². The van der Waals surface area contributed by atoms with Crippen molar-refractivity contribution in [1.82, 2.24) is 10.2 Å². The number of fused-ring (bicyclic) bond motifs is 1. The Balaban J connectivity index is 1.78. The number of rotatable bonds is 4. The van der Waals surface area contributed by atoms with Crippen LogP contribution in [0.5, 0.6) is 0 Å². The van der Waals surface area contributed by atoms with Gasteiger partial charge in [-0.1, -0.05) is 11.6 Å². The maximum Gasteiger partial charge on any atom is 0.235 e. The topological polar surface area (TPSA) is 84.1 Å². The first kappa shape index (κ1) is 14.6. The van der Waals surface area contributed by atoms with Gasteiger partial charge in [0.1, 0.15) is 0 Å². The van der Waals surface area contributed by atoms with E-state index in [9.17, 15) is 8.42 Å². The highest BCUT2D eigenvalue weighted by atomic mass is 35.5. The van der Waals surface area contributed by atoms with Crippen LogP contribution in [0.4, 0.5) is 5.69 Å². The average molecular weight is 330 g/mol. The molecule has 2 aromatic rings. The van der Waals surface area contributed by atoms with Gasteiger partial charge in [0.15, 0.2) is 0 Å². The molecule has 0 amide bonds. The van der Waals surface area contributed by atoms with E-state index < -0.39 is 10.0 Å².